The number of aromatic nitrogens is 4. The first-order valence-electron chi connectivity index (χ1n) is 7.74. The van der Waals surface area contributed by atoms with Crippen molar-refractivity contribution in [2.75, 3.05) is 6.54 Å². The van der Waals surface area contributed by atoms with Crippen LogP contribution in [0.3, 0.4) is 0 Å². The smallest absolute Gasteiger partial charge is 0.269 e. The van der Waals surface area contributed by atoms with Crippen molar-refractivity contribution in [3.8, 4) is 11.3 Å². The van der Waals surface area contributed by atoms with Gasteiger partial charge in [0.05, 0.1) is 11.4 Å². The van der Waals surface area contributed by atoms with Crippen LogP contribution in [0.15, 0.2) is 6.07 Å². The molecule has 0 atom stereocenters. The molecule has 0 bridgehead atoms. The predicted molar refractivity (Wildman–Crippen MR) is 86.7 cm³/mol. The van der Waals surface area contributed by atoms with E-state index in [0.717, 1.165) is 35.5 Å². The van der Waals surface area contributed by atoms with E-state index in [-0.39, 0.29) is 5.91 Å². The number of aromatic amines is 1. The molecule has 120 valence electrons. The Morgan fingerprint density at radius 1 is 1.41 bits per heavy atom. The van der Waals surface area contributed by atoms with Crippen LogP contribution >= 0.6 is 0 Å². The number of hydrogen-bond acceptors (Lipinski definition) is 3. The van der Waals surface area contributed by atoms with Crippen LogP contribution in [0.1, 0.15) is 48.6 Å². The van der Waals surface area contributed by atoms with Gasteiger partial charge in [0.15, 0.2) is 0 Å². The number of H-pyrrole nitrogens is 1. The summed E-state index contributed by atoms with van der Waals surface area (Å²) in [6, 6.07) is 1.79. The van der Waals surface area contributed by atoms with Gasteiger partial charge in [-0.3, -0.25) is 14.6 Å². The van der Waals surface area contributed by atoms with Gasteiger partial charge in [-0.05, 0) is 38.7 Å². The van der Waals surface area contributed by atoms with E-state index in [1.165, 1.54) is 0 Å². The van der Waals surface area contributed by atoms with E-state index < -0.39 is 0 Å². The summed E-state index contributed by atoms with van der Waals surface area (Å²) in [5, 5.41) is 14.4. The van der Waals surface area contributed by atoms with Crippen molar-refractivity contribution in [1.29, 1.82) is 0 Å². The third kappa shape index (κ3) is 3.55. The maximum absolute atomic E-state index is 12.1. The lowest BCUT2D eigenvalue weighted by Gasteiger charge is -2.05. The van der Waals surface area contributed by atoms with Gasteiger partial charge in [-0.1, -0.05) is 13.8 Å². The highest BCUT2D eigenvalue weighted by Gasteiger charge is 2.16. The number of carbonyl (C=O) groups excluding carboxylic acids is 1. The van der Waals surface area contributed by atoms with Gasteiger partial charge >= 0.3 is 0 Å². The van der Waals surface area contributed by atoms with Gasteiger partial charge in [0.25, 0.3) is 5.91 Å². The lowest BCUT2D eigenvalue weighted by molar-refractivity contribution is 0.0947. The van der Waals surface area contributed by atoms with Crippen LogP contribution in [-0.2, 0) is 7.05 Å². The summed E-state index contributed by atoms with van der Waals surface area (Å²) in [7, 11) is 1.90. The van der Waals surface area contributed by atoms with E-state index in [2.05, 4.69) is 34.5 Å². The molecular formula is C16H25N5O. The standard InChI is InChI=1S/C16H25N5O/c1-10(2)7-6-8-17-16(22)14-9-13(18-19-14)15-11(3)20-21(5)12(15)4/h9-10H,6-8H2,1-5H3,(H,17,22)(H,18,19). The molecule has 6 heteroatoms. The molecule has 0 saturated heterocycles. The summed E-state index contributed by atoms with van der Waals surface area (Å²) >= 11 is 0. The van der Waals surface area contributed by atoms with Gasteiger partial charge in [-0.25, -0.2) is 0 Å². The van der Waals surface area contributed by atoms with Crippen LogP contribution in [0.4, 0.5) is 0 Å². The van der Waals surface area contributed by atoms with Crippen LogP contribution in [0.2, 0.25) is 0 Å². The molecule has 2 aromatic heterocycles. The molecular weight excluding hydrogens is 278 g/mol. The second-order valence-electron chi connectivity index (χ2n) is 6.13. The predicted octanol–water partition coefficient (Wildman–Crippen LogP) is 2.59. The highest BCUT2D eigenvalue weighted by molar-refractivity contribution is 5.93. The molecule has 0 saturated carbocycles. The molecule has 2 aromatic rings. The zero-order chi connectivity index (χ0) is 16.3. The molecule has 2 heterocycles. The van der Waals surface area contributed by atoms with Crippen molar-refractivity contribution < 1.29 is 4.79 Å². The molecule has 22 heavy (non-hydrogen) atoms. The number of nitrogens with one attached hydrogen (secondary N) is 2. The van der Waals surface area contributed by atoms with Crippen LogP contribution < -0.4 is 5.32 Å². The van der Waals surface area contributed by atoms with E-state index in [4.69, 9.17) is 0 Å². The zero-order valence-electron chi connectivity index (χ0n) is 14.0. The van der Waals surface area contributed by atoms with Gasteiger partial charge < -0.3 is 5.32 Å². The molecule has 0 aliphatic heterocycles. The Balaban J connectivity index is 2.03. The second kappa shape index (κ2) is 6.77. The summed E-state index contributed by atoms with van der Waals surface area (Å²) in [4.78, 5) is 12.1. The second-order valence-corrected chi connectivity index (χ2v) is 6.13. The molecule has 2 N–H and O–H groups in total. The third-order valence-electron chi connectivity index (χ3n) is 3.83. The molecule has 6 nitrogen and oxygen atoms in total. The van der Waals surface area contributed by atoms with Crippen molar-refractivity contribution in [1.82, 2.24) is 25.3 Å². The van der Waals surface area contributed by atoms with E-state index in [0.29, 0.717) is 18.2 Å². The summed E-state index contributed by atoms with van der Waals surface area (Å²) in [6.07, 6.45) is 2.10. The summed E-state index contributed by atoms with van der Waals surface area (Å²) in [5.41, 5.74) is 4.18. The minimum Gasteiger partial charge on any atom is -0.351 e. The highest BCUT2D eigenvalue weighted by Crippen LogP contribution is 2.25. The van der Waals surface area contributed by atoms with Crippen molar-refractivity contribution in [3.63, 3.8) is 0 Å². The Kier molecular flexibility index (Phi) is 5.00. The topological polar surface area (TPSA) is 75.6 Å². The Bertz CT molecular complexity index is 654. The maximum atomic E-state index is 12.1. The highest BCUT2D eigenvalue weighted by atomic mass is 16.1. The van der Waals surface area contributed by atoms with Gasteiger partial charge in [0.1, 0.15) is 5.69 Å². The molecule has 0 unspecified atom stereocenters. The minimum atomic E-state index is -0.110. The Labute approximate surface area is 131 Å². The zero-order valence-corrected chi connectivity index (χ0v) is 14.0. The van der Waals surface area contributed by atoms with Crippen molar-refractivity contribution in [2.45, 2.75) is 40.5 Å². The third-order valence-corrected chi connectivity index (χ3v) is 3.83. The average Bonchev–Trinajstić information content (AvgIpc) is 3.00. The van der Waals surface area contributed by atoms with Crippen molar-refractivity contribution in [2.24, 2.45) is 13.0 Å². The molecule has 0 fully saturated rings. The van der Waals surface area contributed by atoms with Crippen LogP contribution in [-0.4, -0.2) is 32.4 Å². The maximum Gasteiger partial charge on any atom is 0.269 e. The fourth-order valence-corrected chi connectivity index (χ4v) is 2.52. The van der Waals surface area contributed by atoms with E-state index in [9.17, 15) is 4.79 Å². The van der Waals surface area contributed by atoms with Gasteiger partial charge in [0, 0.05) is 24.8 Å². The lowest BCUT2D eigenvalue weighted by Crippen LogP contribution is -2.25. The number of nitrogens with zero attached hydrogens (tertiary/aromatic N) is 3. The first-order chi connectivity index (χ1) is 10.4. The number of amides is 1. The number of hydrogen-bond donors (Lipinski definition) is 2. The molecule has 2 rings (SSSR count). The Morgan fingerprint density at radius 2 is 2.14 bits per heavy atom. The summed E-state index contributed by atoms with van der Waals surface area (Å²) in [6.45, 7) is 9.00. The van der Waals surface area contributed by atoms with Crippen LogP contribution in [0.25, 0.3) is 11.3 Å². The van der Waals surface area contributed by atoms with Crippen molar-refractivity contribution >= 4 is 5.91 Å². The van der Waals surface area contributed by atoms with E-state index >= 15 is 0 Å². The number of aryl methyl sites for hydroxylation is 2. The average molecular weight is 303 g/mol. The summed E-state index contributed by atoms with van der Waals surface area (Å²) in [5.74, 6) is 0.550. The molecule has 1 amide bonds. The minimum absolute atomic E-state index is 0.110. The summed E-state index contributed by atoms with van der Waals surface area (Å²) < 4.78 is 1.82. The normalized spacial score (nSPS) is 11.2. The first-order valence-corrected chi connectivity index (χ1v) is 7.74. The van der Waals surface area contributed by atoms with Gasteiger partial charge in [-0.2, -0.15) is 10.2 Å². The van der Waals surface area contributed by atoms with Crippen LogP contribution in [0.5, 0.6) is 0 Å². The first kappa shape index (κ1) is 16.3. The molecule has 0 aliphatic rings. The molecule has 0 aromatic carbocycles. The number of rotatable bonds is 6. The molecule has 0 spiro atoms. The van der Waals surface area contributed by atoms with Crippen molar-refractivity contribution in [3.05, 3.63) is 23.1 Å². The molecule has 0 radical (unpaired) electrons. The van der Waals surface area contributed by atoms with Crippen LogP contribution in [0, 0.1) is 19.8 Å². The lowest BCUT2D eigenvalue weighted by atomic mass is 10.1. The Hall–Kier alpha value is -2.11. The quantitative estimate of drug-likeness (QED) is 0.805. The fourth-order valence-electron chi connectivity index (χ4n) is 2.52. The van der Waals surface area contributed by atoms with E-state index in [1.807, 2.05) is 25.6 Å². The monoisotopic (exact) mass is 303 g/mol. The van der Waals surface area contributed by atoms with Gasteiger partial charge in [0.2, 0.25) is 0 Å². The largest absolute Gasteiger partial charge is 0.351 e. The molecule has 0 aliphatic carbocycles. The number of carbonyl (C=O) groups is 1. The SMILES string of the molecule is Cc1nn(C)c(C)c1-c1cc(C(=O)NCCCC(C)C)[nH]n1. The van der Waals surface area contributed by atoms with E-state index in [1.54, 1.807) is 6.07 Å². The van der Waals surface area contributed by atoms with Gasteiger partial charge in [-0.15, -0.1) is 0 Å². The fraction of sp³-hybridized carbons (Fsp3) is 0.562. The Morgan fingerprint density at radius 3 is 2.73 bits per heavy atom.